The van der Waals surface area contributed by atoms with Crippen LogP contribution in [0.5, 0.6) is 5.75 Å². The minimum atomic E-state index is -4.84. The number of rotatable bonds is 2. The van der Waals surface area contributed by atoms with E-state index in [0.29, 0.717) is 0 Å². The Morgan fingerprint density at radius 2 is 1.95 bits per heavy atom. The van der Waals surface area contributed by atoms with Crippen molar-refractivity contribution < 1.29 is 27.8 Å². The van der Waals surface area contributed by atoms with Gasteiger partial charge in [0.1, 0.15) is 11.3 Å². The molecule has 4 nitrogen and oxygen atoms in total. The van der Waals surface area contributed by atoms with E-state index in [-0.39, 0.29) is 16.7 Å². The SMILES string of the molecule is O=c1c(CCO)c(C(F)(F)F)oc2cc(O)ccc12. The van der Waals surface area contributed by atoms with E-state index in [4.69, 9.17) is 5.11 Å². The molecule has 2 N–H and O–H groups in total. The Morgan fingerprint density at radius 1 is 1.26 bits per heavy atom. The minimum Gasteiger partial charge on any atom is -0.508 e. The van der Waals surface area contributed by atoms with Crippen molar-refractivity contribution in [1.82, 2.24) is 0 Å². The smallest absolute Gasteiger partial charge is 0.449 e. The number of aliphatic hydroxyl groups excluding tert-OH is 1. The van der Waals surface area contributed by atoms with Gasteiger partial charge in [-0.05, 0) is 12.1 Å². The van der Waals surface area contributed by atoms with Gasteiger partial charge in [-0.2, -0.15) is 13.2 Å². The molecule has 0 aliphatic carbocycles. The fraction of sp³-hybridized carbons (Fsp3) is 0.250. The van der Waals surface area contributed by atoms with E-state index in [0.717, 1.165) is 6.07 Å². The summed E-state index contributed by atoms with van der Waals surface area (Å²) in [5.74, 6) is -1.75. The second-order valence-corrected chi connectivity index (χ2v) is 3.89. The highest BCUT2D eigenvalue weighted by Crippen LogP contribution is 2.33. The summed E-state index contributed by atoms with van der Waals surface area (Å²) in [7, 11) is 0. The van der Waals surface area contributed by atoms with Crippen molar-refractivity contribution in [2.45, 2.75) is 12.6 Å². The molecule has 19 heavy (non-hydrogen) atoms. The Balaban J connectivity index is 2.85. The highest BCUT2D eigenvalue weighted by atomic mass is 19.4. The Kier molecular flexibility index (Phi) is 3.23. The molecule has 7 heteroatoms. The Bertz CT molecular complexity index is 673. The van der Waals surface area contributed by atoms with Gasteiger partial charge < -0.3 is 14.6 Å². The maximum Gasteiger partial charge on any atom is 0.449 e. The Hall–Kier alpha value is -2.02. The summed E-state index contributed by atoms with van der Waals surface area (Å²) in [4.78, 5) is 11.9. The number of benzene rings is 1. The van der Waals surface area contributed by atoms with Crippen molar-refractivity contribution in [3.05, 3.63) is 39.7 Å². The zero-order valence-corrected chi connectivity index (χ0v) is 9.49. The lowest BCUT2D eigenvalue weighted by Gasteiger charge is -2.11. The van der Waals surface area contributed by atoms with Crippen LogP contribution in [0.4, 0.5) is 13.2 Å². The van der Waals surface area contributed by atoms with Crippen molar-refractivity contribution in [3.8, 4) is 5.75 Å². The maximum atomic E-state index is 12.8. The van der Waals surface area contributed by atoms with Crippen molar-refractivity contribution in [2.24, 2.45) is 0 Å². The van der Waals surface area contributed by atoms with E-state index in [1.54, 1.807) is 0 Å². The van der Waals surface area contributed by atoms with E-state index >= 15 is 0 Å². The third-order valence-electron chi connectivity index (χ3n) is 2.59. The van der Waals surface area contributed by atoms with Gasteiger partial charge in [0, 0.05) is 19.1 Å². The summed E-state index contributed by atoms with van der Waals surface area (Å²) in [6.07, 6.45) is -5.29. The molecule has 0 spiro atoms. The van der Waals surface area contributed by atoms with Crippen LogP contribution in [-0.4, -0.2) is 16.8 Å². The summed E-state index contributed by atoms with van der Waals surface area (Å²) in [5, 5.41) is 17.9. The molecule has 2 aromatic rings. The highest BCUT2D eigenvalue weighted by Gasteiger charge is 2.38. The molecule has 0 radical (unpaired) electrons. The fourth-order valence-corrected chi connectivity index (χ4v) is 1.79. The van der Waals surface area contributed by atoms with Gasteiger partial charge in [-0.15, -0.1) is 0 Å². The van der Waals surface area contributed by atoms with E-state index in [1.165, 1.54) is 12.1 Å². The molecule has 1 aromatic heterocycles. The van der Waals surface area contributed by atoms with Crippen LogP contribution in [0.2, 0.25) is 0 Å². The van der Waals surface area contributed by atoms with Gasteiger partial charge in [-0.25, -0.2) is 0 Å². The summed E-state index contributed by atoms with van der Waals surface area (Å²) in [6.45, 7) is -0.600. The molecule has 2 rings (SSSR count). The molecule has 0 unspecified atom stereocenters. The molecule has 0 saturated heterocycles. The lowest BCUT2D eigenvalue weighted by atomic mass is 10.1. The van der Waals surface area contributed by atoms with Gasteiger partial charge in [0.15, 0.2) is 5.43 Å². The summed E-state index contributed by atoms with van der Waals surface area (Å²) in [5.41, 5.74) is -1.82. The number of aromatic hydroxyl groups is 1. The molecule has 0 aliphatic heterocycles. The van der Waals surface area contributed by atoms with Gasteiger partial charge in [0.25, 0.3) is 0 Å². The third-order valence-corrected chi connectivity index (χ3v) is 2.59. The van der Waals surface area contributed by atoms with Crippen LogP contribution in [0.25, 0.3) is 11.0 Å². The standard InChI is InChI=1S/C12H9F3O4/c13-12(14,15)11-8(3-4-16)10(18)7-2-1-6(17)5-9(7)19-11/h1-2,5,16-17H,3-4H2. The number of phenols is 1. The van der Waals surface area contributed by atoms with Gasteiger partial charge in [0.05, 0.1) is 10.9 Å². The van der Waals surface area contributed by atoms with E-state index < -0.39 is 36.0 Å². The first-order chi connectivity index (χ1) is 8.84. The fourth-order valence-electron chi connectivity index (χ4n) is 1.79. The van der Waals surface area contributed by atoms with Gasteiger partial charge in [-0.1, -0.05) is 0 Å². The van der Waals surface area contributed by atoms with Crippen LogP contribution in [0.15, 0.2) is 27.4 Å². The topological polar surface area (TPSA) is 70.7 Å². The number of hydrogen-bond donors (Lipinski definition) is 2. The largest absolute Gasteiger partial charge is 0.508 e. The van der Waals surface area contributed by atoms with Crippen molar-refractivity contribution in [2.75, 3.05) is 6.61 Å². The number of fused-ring (bicyclic) bond motifs is 1. The number of phenolic OH excluding ortho intramolecular Hbond substituents is 1. The lowest BCUT2D eigenvalue weighted by molar-refractivity contribution is -0.153. The molecular weight excluding hydrogens is 265 g/mol. The molecular formula is C12H9F3O4. The molecule has 0 atom stereocenters. The molecule has 0 bridgehead atoms. The quantitative estimate of drug-likeness (QED) is 0.879. The number of aliphatic hydroxyl groups is 1. The van der Waals surface area contributed by atoms with Crippen LogP contribution >= 0.6 is 0 Å². The third kappa shape index (κ3) is 2.41. The molecule has 0 aliphatic rings. The average molecular weight is 274 g/mol. The molecule has 1 aromatic carbocycles. The van der Waals surface area contributed by atoms with E-state index in [1.807, 2.05) is 0 Å². The second kappa shape index (κ2) is 4.58. The van der Waals surface area contributed by atoms with Gasteiger partial charge in [-0.3, -0.25) is 4.79 Å². The zero-order valence-electron chi connectivity index (χ0n) is 9.49. The maximum absolute atomic E-state index is 12.8. The number of alkyl halides is 3. The van der Waals surface area contributed by atoms with Crippen LogP contribution < -0.4 is 5.43 Å². The molecule has 0 amide bonds. The first-order valence-electron chi connectivity index (χ1n) is 5.31. The zero-order chi connectivity index (χ0) is 14.2. The van der Waals surface area contributed by atoms with Gasteiger partial charge >= 0.3 is 6.18 Å². The van der Waals surface area contributed by atoms with Crippen LogP contribution in [0.1, 0.15) is 11.3 Å². The van der Waals surface area contributed by atoms with Crippen LogP contribution in [0.3, 0.4) is 0 Å². The average Bonchev–Trinajstić information content (AvgIpc) is 2.31. The predicted octanol–water partition coefficient (Wildman–Crippen LogP) is 2.05. The summed E-state index contributed by atoms with van der Waals surface area (Å²) >= 11 is 0. The minimum absolute atomic E-state index is 0.0748. The first kappa shape index (κ1) is 13.4. The molecule has 0 fully saturated rings. The lowest BCUT2D eigenvalue weighted by Crippen LogP contribution is -2.20. The normalized spacial score (nSPS) is 12.0. The first-order valence-corrected chi connectivity index (χ1v) is 5.31. The van der Waals surface area contributed by atoms with E-state index in [9.17, 15) is 23.1 Å². The van der Waals surface area contributed by atoms with Crippen LogP contribution in [-0.2, 0) is 12.6 Å². The van der Waals surface area contributed by atoms with Crippen LogP contribution in [0, 0.1) is 0 Å². The summed E-state index contributed by atoms with van der Waals surface area (Å²) < 4.78 is 43.1. The highest BCUT2D eigenvalue weighted by molar-refractivity contribution is 5.78. The summed E-state index contributed by atoms with van der Waals surface area (Å²) in [6, 6.07) is 3.29. The Labute approximate surface area is 104 Å². The van der Waals surface area contributed by atoms with Crippen molar-refractivity contribution in [1.29, 1.82) is 0 Å². The second-order valence-electron chi connectivity index (χ2n) is 3.89. The van der Waals surface area contributed by atoms with E-state index in [2.05, 4.69) is 4.42 Å². The molecule has 1 heterocycles. The van der Waals surface area contributed by atoms with Gasteiger partial charge in [0.2, 0.25) is 5.76 Å². The number of halogens is 3. The number of hydrogen-bond acceptors (Lipinski definition) is 4. The van der Waals surface area contributed by atoms with Crippen molar-refractivity contribution >= 4 is 11.0 Å². The predicted molar refractivity (Wildman–Crippen MR) is 59.9 cm³/mol. The Morgan fingerprint density at radius 3 is 2.53 bits per heavy atom. The molecule has 0 saturated carbocycles. The monoisotopic (exact) mass is 274 g/mol. The molecule has 102 valence electrons. The van der Waals surface area contributed by atoms with Crippen molar-refractivity contribution in [3.63, 3.8) is 0 Å².